The summed E-state index contributed by atoms with van der Waals surface area (Å²) in [4.78, 5) is 29.1. The molecule has 1 saturated carbocycles. The summed E-state index contributed by atoms with van der Waals surface area (Å²) in [6.07, 6.45) is 9.98. The van der Waals surface area contributed by atoms with E-state index >= 15 is 0 Å². The SMILES string of the molecule is C#CCNC(=O)CC[C@H]1CNC(=O)[C@@H]2[C@@H](CCN2CC2CC2)N1C. The van der Waals surface area contributed by atoms with E-state index in [-0.39, 0.29) is 36.5 Å². The Balaban J connectivity index is 1.58. The molecule has 0 aromatic heterocycles. The minimum absolute atomic E-state index is 0.0183. The highest BCUT2D eigenvalue weighted by atomic mass is 16.2. The predicted octanol–water partition coefficient (Wildman–Crippen LogP) is -0.201. The predicted molar refractivity (Wildman–Crippen MR) is 92.1 cm³/mol. The number of hydrogen-bond donors (Lipinski definition) is 2. The van der Waals surface area contributed by atoms with Gasteiger partial charge in [0, 0.05) is 38.1 Å². The van der Waals surface area contributed by atoms with Gasteiger partial charge in [-0.05, 0) is 38.6 Å². The van der Waals surface area contributed by atoms with Gasteiger partial charge in [0.15, 0.2) is 0 Å². The van der Waals surface area contributed by atoms with E-state index in [4.69, 9.17) is 6.42 Å². The maximum atomic E-state index is 12.6. The minimum Gasteiger partial charge on any atom is -0.353 e. The maximum Gasteiger partial charge on any atom is 0.239 e. The molecule has 1 aliphatic carbocycles. The Kier molecular flexibility index (Phi) is 5.42. The Morgan fingerprint density at radius 2 is 2.21 bits per heavy atom. The number of nitrogens with one attached hydrogen (secondary N) is 2. The molecule has 3 fully saturated rings. The van der Waals surface area contributed by atoms with Crippen molar-refractivity contribution >= 4 is 11.8 Å². The molecule has 0 aromatic carbocycles. The summed E-state index contributed by atoms with van der Waals surface area (Å²) in [5.74, 6) is 3.34. The summed E-state index contributed by atoms with van der Waals surface area (Å²) >= 11 is 0. The molecule has 132 valence electrons. The van der Waals surface area contributed by atoms with Crippen molar-refractivity contribution < 1.29 is 9.59 Å². The lowest BCUT2D eigenvalue weighted by molar-refractivity contribution is -0.126. The Morgan fingerprint density at radius 1 is 1.42 bits per heavy atom. The monoisotopic (exact) mass is 332 g/mol. The molecule has 24 heavy (non-hydrogen) atoms. The van der Waals surface area contributed by atoms with Crippen molar-refractivity contribution in [2.75, 3.05) is 33.2 Å². The highest BCUT2D eigenvalue weighted by Crippen LogP contribution is 2.34. The van der Waals surface area contributed by atoms with Crippen LogP contribution in [0.1, 0.15) is 32.1 Å². The fourth-order valence-corrected chi connectivity index (χ4v) is 4.02. The first-order chi connectivity index (χ1) is 11.6. The highest BCUT2D eigenvalue weighted by Gasteiger charge is 2.46. The summed E-state index contributed by atoms with van der Waals surface area (Å²) in [5.41, 5.74) is 0. The Labute approximate surface area is 144 Å². The van der Waals surface area contributed by atoms with Crippen LogP contribution in [0.3, 0.4) is 0 Å². The number of amides is 2. The Bertz CT molecular complexity index is 526. The Morgan fingerprint density at radius 3 is 2.92 bits per heavy atom. The first-order valence-electron chi connectivity index (χ1n) is 9.04. The number of hydrogen-bond acceptors (Lipinski definition) is 4. The molecule has 2 N–H and O–H groups in total. The highest BCUT2D eigenvalue weighted by molar-refractivity contribution is 5.83. The quantitative estimate of drug-likeness (QED) is 0.661. The van der Waals surface area contributed by atoms with Gasteiger partial charge in [0.05, 0.1) is 6.54 Å². The summed E-state index contributed by atoms with van der Waals surface area (Å²) in [6, 6.07) is 0.419. The van der Waals surface area contributed by atoms with Gasteiger partial charge in [-0.2, -0.15) is 0 Å². The lowest BCUT2D eigenvalue weighted by Gasteiger charge is -2.33. The Hall–Kier alpha value is -1.58. The number of likely N-dealkylation sites (N-methyl/N-ethyl adjacent to an activating group) is 1. The third-order valence-corrected chi connectivity index (χ3v) is 5.63. The third kappa shape index (κ3) is 3.90. The van der Waals surface area contributed by atoms with Crippen molar-refractivity contribution in [2.24, 2.45) is 5.92 Å². The van der Waals surface area contributed by atoms with Crippen LogP contribution in [0.15, 0.2) is 0 Å². The number of rotatable bonds is 6. The van der Waals surface area contributed by atoms with Crippen molar-refractivity contribution in [3.63, 3.8) is 0 Å². The van der Waals surface area contributed by atoms with Crippen LogP contribution in [-0.4, -0.2) is 73.0 Å². The van der Waals surface area contributed by atoms with E-state index < -0.39 is 0 Å². The zero-order chi connectivity index (χ0) is 17.1. The molecule has 2 saturated heterocycles. The van der Waals surface area contributed by atoms with E-state index in [1.54, 1.807) is 0 Å². The molecule has 0 unspecified atom stereocenters. The minimum atomic E-state index is -0.0316. The third-order valence-electron chi connectivity index (χ3n) is 5.63. The van der Waals surface area contributed by atoms with Gasteiger partial charge in [-0.25, -0.2) is 0 Å². The molecule has 6 nitrogen and oxygen atoms in total. The van der Waals surface area contributed by atoms with Crippen molar-refractivity contribution in [2.45, 2.75) is 50.2 Å². The van der Waals surface area contributed by atoms with Crippen molar-refractivity contribution in [1.29, 1.82) is 0 Å². The molecule has 0 aromatic rings. The van der Waals surface area contributed by atoms with Gasteiger partial charge in [-0.15, -0.1) is 6.42 Å². The van der Waals surface area contributed by atoms with Crippen LogP contribution in [0.25, 0.3) is 0 Å². The summed E-state index contributed by atoms with van der Waals surface area (Å²) in [6.45, 7) is 2.94. The average Bonchev–Trinajstić information content (AvgIpc) is 3.30. The molecule has 0 bridgehead atoms. The van der Waals surface area contributed by atoms with Crippen LogP contribution in [0, 0.1) is 18.3 Å². The second-order valence-corrected chi connectivity index (χ2v) is 7.32. The zero-order valence-corrected chi connectivity index (χ0v) is 14.5. The first kappa shape index (κ1) is 17.2. The number of terminal acetylenes is 1. The molecule has 2 aliphatic heterocycles. The summed E-state index contributed by atoms with van der Waals surface area (Å²) < 4.78 is 0. The van der Waals surface area contributed by atoms with Gasteiger partial charge in [0.1, 0.15) is 6.04 Å². The van der Waals surface area contributed by atoms with Gasteiger partial charge in [0.2, 0.25) is 11.8 Å². The fourth-order valence-electron chi connectivity index (χ4n) is 4.02. The maximum absolute atomic E-state index is 12.6. The number of carbonyl (C=O) groups is 2. The van der Waals surface area contributed by atoms with Crippen LogP contribution >= 0.6 is 0 Å². The standard InChI is InChI=1S/C18H28N4O2/c1-3-9-19-16(23)7-6-14-11-20-18(24)17-15(21(14)2)8-10-22(17)12-13-4-5-13/h1,13-15,17H,4-12H2,2H3,(H,19,23)(H,20,24)/t14-,15+,17-/m0/s1. The molecule has 3 atom stereocenters. The molecular formula is C18H28N4O2. The van der Waals surface area contributed by atoms with Gasteiger partial charge in [-0.1, -0.05) is 5.92 Å². The van der Waals surface area contributed by atoms with E-state index in [0.717, 1.165) is 31.8 Å². The van der Waals surface area contributed by atoms with Crippen LogP contribution in [-0.2, 0) is 9.59 Å². The molecule has 3 aliphatic rings. The molecule has 3 rings (SSSR count). The molecule has 6 heteroatoms. The van der Waals surface area contributed by atoms with Crippen molar-refractivity contribution in [1.82, 2.24) is 20.4 Å². The van der Waals surface area contributed by atoms with Crippen LogP contribution in [0.4, 0.5) is 0 Å². The van der Waals surface area contributed by atoms with Crippen LogP contribution < -0.4 is 10.6 Å². The fraction of sp³-hybridized carbons (Fsp3) is 0.778. The number of carbonyl (C=O) groups excluding carboxylic acids is 2. The zero-order valence-electron chi connectivity index (χ0n) is 14.5. The molecular weight excluding hydrogens is 304 g/mol. The second kappa shape index (κ2) is 7.54. The topological polar surface area (TPSA) is 64.7 Å². The van der Waals surface area contributed by atoms with E-state index in [9.17, 15) is 9.59 Å². The normalized spacial score (nSPS) is 31.0. The largest absolute Gasteiger partial charge is 0.353 e. The van der Waals surface area contributed by atoms with Gasteiger partial charge in [0.25, 0.3) is 0 Å². The van der Waals surface area contributed by atoms with Gasteiger partial charge >= 0.3 is 0 Å². The van der Waals surface area contributed by atoms with Crippen molar-refractivity contribution in [3.8, 4) is 12.3 Å². The molecule has 2 amide bonds. The van der Waals surface area contributed by atoms with E-state index in [2.05, 4.69) is 33.4 Å². The first-order valence-corrected chi connectivity index (χ1v) is 9.04. The molecule has 2 heterocycles. The summed E-state index contributed by atoms with van der Waals surface area (Å²) in [5, 5.41) is 5.80. The van der Waals surface area contributed by atoms with E-state index in [1.807, 2.05) is 0 Å². The lowest BCUT2D eigenvalue weighted by Crippen LogP contribution is -2.50. The number of likely N-dealkylation sites (tertiary alicyclic amines) is 1. The second-order valence-electron chi connectivity index (χ2n) is 7.32. The van der Waals surface area contributed by atoms with E-state index in [0.29, 0.717) is 13.0 Å². The van der Waals surface area contributed by atoms with Gasteiger partial charge < -0.3 is 10.6 Å². The van der Waals surface area contributed by atoms with Crippen LogP contribution in [0.2, 0.25) is 0 Å². The van der Waals surface area contributed by atoms with Gasteiger partial charge in [-0.3, -0.25) is 19.4 Å². The number of nitrogens with zero attached hydrogens (tertiary/aromatic N) is 2. The molecule has 0 spiro atoms. The number of fused-ring (bicyclic) bond motifs is 1. The average molecular weight is 332 g/mol. The van der Waals surface area contributed by atoms with Crippen molar-refractivity contribution in [3.05, 3.63) is 0 Å². The molecule has 0 radical (unpaired) electrons. The van der Waals surface area contributed by atoms with Crippen LogP contribution in [0.5, 0.6) is 0 Å². The summed E-state index contributed by atoms with van der Waals surface area (Å²) in [7, 11) is 2.10. The lowest BCUT2D eigenvalue weighted by atomic mass is 10.0. The smallest absolute Gasteiger partial charge is 0.239 e. The van der Waals surface area contributed by atoms with E-state index in [1.165, 1.54) is 12.8 Å².